The second-order valence-electron chi connectivity index (χ2n) is 6.93. The van der Waals surface area contributed by atoms with Crippen molar-refractivity contribution in [2.24, 2.45) is 0 Å². The van der Waals surface area contributed by atoms with Crippen LogP contribution < -0.4 is 4.90 Å². The Hall–Kier alpha value is -1.92. The molecule has 2 heterocycles. The third-order valence-electron chi connectivity index (χ3n) is 4.87. The number of carbonyl (C=O) groups is 1. The summed E-state index contributed by atoms with van der Waals surface area (Å²) in [6.45, 7) is 6.32. The molecule has 1 aliphatic heterocycles. The minimum absolute atomic E-state index is 0.259. The Kier molecular flexibility index (Phi) is 6.73. The van der Waals surface area contributed by atoms with Crippen LogP contribution in [-0.4, -0.2) is 51.8 Å². The standard InChI is InChI=1S/C20H23Cl2FN4O/c1-13-17(12-15-5-3-6-16(23)11-15)19(25-14(2)24-13)26-7-4-8-27(10-9-26)20(28)18(21)22/h3,5-6,11,18H,4,7-10,12H2,1-2H3. The number of hydrogen-bond acceptors (Lipinski definition) is 4. The van der Waals surface area contributed by atoms with E-state index in [2.05, 4.69) is 14.9 Å². The number of amides is 1. The minimum atomic E-state index is -1.04. The van der Waals surface area contributed by atoms with Crippen molar-refractivity contribution in [1.82, 2.24) is 14.9 Å². The van der Waals surface area contributed by atoms with Crippen LogP contribution >= 0.6 is 23.2 Å². The van der Waals surface area contributed by atoms with E-state index in [1.165, 1.54) is 12.1 Å². The highest BCUT2D eigenvalue weighted by atomic mass is 35.5. The SMILES string of the molecule is Cc1nc(C)c(Cc2cccc(F)c2)c(N2CCCN(C(=O)C(Cl)Cl)CC2)n1. The molecule has 0 saturated carbocycles. The Morgan fingerprint density at radius 1 is 1.18 bits per heavy atom. The maximum atomic E-state index is 13.6. The van der Waals surface area contributed by atoms with Gasteiger partial charge in [-0.1, -0.05) is 35.3 Å². The van der Waals surface area contributed by atoms with E-state index in [0.29, 0.717) is 31.9 Å². The highest BCUT2D eigenvalue weighted by Crippen LogP contribution is 2.25. The largest absolute Gasteiger partial charge is 0.354 e. The first-order chi connectivity index (χ1) is 13.3. The summed E-state index contributed by atoms with van der Waals surface area (Å²) in [5.41, 5.74) is 2.73. The Balaban J connectivity index is 1.87. The summed E-state index contributed by atoms with van der Waals surface area (Å²) < 4.78 is 13.6. The lowest BCUT2D eigenvalue weighted by Gasteiger charge is -2.26. The summed E-state index contributed by atoms with van der Waals surface area (Å²) in [5, 5.41) is 0. The van der Waals surface area contributed by atoms with E-state index in [1.54, 1.807) is 11.0 Å². The number of carbonyl (C=O) groups excluding carboxylic acids is 1. The molecule has 8 heteroatoms. The van der Waals surface area contributed by atoms with Crippen molar-refractivity contribution in [3.05, 3.63) is 52.7 Å². The first-order valence-electron chi connectivity index (χ1n) is 9.25. The van der Waals surface area contributed by atoms with Crippen LogP contribution in [0.3, 0.4) is 0 Å². The maximum absolute atomic E-state index is 13.6. The van der Waals surface area contributed by atoms with Crippen LogP contribution in [0.5, 0.6) is 0 Å². The molecule has 0 unspecified atom stereocenters. The number of alkyl halides is 2. The molecular weight excluding hydrogens is 402 g/mol. The van der Waals surface area contributed by atoms with Crippen LogP contribution in [0.1, 0.15) is 29.1 Å². The molecular formula is C20H23Cl2FN4O. The number of benzene rings is 1. The fraction of sp³-hybridized carbons (Fsp3) is 0.450. The van der Waals surface area contributed by atoms with Crippen molar-refractivity contribution in [2.75, 3.05) is 31.1 Å². The summed E-state index contributed by atoms with van der Waals surface area (Å²) >= 11 is 11.5. The highest BCUT2D eigenvalue weighted by Gasteiger charge is 2.25. The molecule has 0 radical (unpaired) electrons. The molecule has 1 saturated heterocycles. The molecule has 1 aliphatic rings. The predicted octanol–water partition coefficient (Wildman–Crippen LogP) is 3.67. The molecule has 1 aromatic heterocycles. The Morgan fingerprint density at radius 3 is 2.68 bits per heavy atom. The number of nitrogens with zero attached hydrogens (tertiary/aromatic N) is 4. The van der Waals surface area contributed by atoms with E-state index in [9.17, 15) is 9.18 Å². The van der Waals surface area contributed by atoms with Gasteiger partial charge < -0.3 is 9.80 Å². The van der Waals surface area contributed by atoms with Crippen LogP contribution in [0.25, 0.3) is 0 Å². The first kappa shape index (κ1) is 20.8. The molecule has 2 aromatic rings. The van der Waals surface area contributed by atoms with E-state index < -0.39 is 4.84 Å². The second-order valence-corrected chi connectivity index (χ2v) is 8.03. The van der Waals surface area contributed by atoms with Crippen LogP contribution in [0.4, 0.5) is 10.2 Å². The van der Waals surface area contributed by atoms with Gasteiger partial charge in [0.25, 0.3) is 5.91 Å². The lowest BCUT2D eigenvalue weighted by atomic mass is 10.0. The minimum Gasteiger partial charge on any atom is -0.354 e. The molecule has 0 atom stereocenters. The zero-order chi connectivity index (χ0) is 20.3. The fourth-order valence-electron chi connectivity index (χ4n) is 3.52. The van der Waals surface area contributed by atoms with Gasteiger partial charge in [-0.25, -0.2) is 14.4 Å². The van der Waals surface area contributed by atoms with Crippen molar-refractivity contribution >= 4 is 34.9 Å². The van der Waals surface area contributed by atoms with E-state index in [1.807, 2.05) is 19.9 Å². The summed E-state index contributed by atoms with van der Waals surface area (Å²) in [4.78, 5) is 24.1. The predicted molar refractivity (Wildman–Crippen MR) is 110 cm³/mol. The van der Waals surface area contributed by atoms with Crippen LogP contribution in [0.15, 0.2) is 24.3 Å². The Bertz CT molecular complexity index is 862. The summed E-state index contributed by atoms with van der Waals surface area (Å²) in [5.74, 6) is 1.01. The number of hydrogen-bond donors (Lipinski definition) is 0. The molecule has 1 aromatic carbocycles. The number of aromatic nitrogens is 2. The van der Waals surface area contributed by atoms with E-state index >= 15 is 0 Å². The van der Waals surface area contributed by atoms with Gasteiger partial charge in [-0.05, 0) is 38.0 Å². The number of aryl methyl sites for hydroxylation is 2. The second kappa shape index (κ2) is 9.05. The van der Waals surface area contributed by atoms with Crippen molar-refractivity contribution in [1.29, 1.82) is 0 Å². The maximum Gasteiger partial charge on any atom is 0.255 e. The number of anilines is 1. The molecule has 5 nitrogen and oxygen atoms in total. The third-order valence-corrected chi connectivity index (χ3v) is 5.24. The normalized spacial score (nSPS) is 15.1. The number of halogens is 3. The first-order valence-corrected chi connectivity index (χ1v) is 10.1. The smallest absolute Gasteiger partial charge is 0.255 e. The van der Waals surface area contributed by atoms with E-state index in [4.69, 9.17) is 23.2 Å². The van der Waals surface area contributed by atoms with E-state index in [0.717, 1.165) is 35.6 Å². The van der Waals surface area contributed by atoms with Crippen LogP contribution in [-0.2, 0) is 11.2 Å². The van der Waals surface area contributed by atoms with Gasteiger partial charge in [-0.2, -0.15) is 0 Å². The van der Waals surface area contributed by atoms with Gasteiger partial charge in [0, 0.05) is 43.9 Å². The molecule has 0 bridgehead atoms. The summed E-state index contributed by atoms with van der Waals surface area (Å²) in [6.07, 6.45) is 1.33. The van der Waals surface area contributed by atoms with E-state index in [-0.39, 0.29) is 11.7 Å². The topological polar surface area (TPSA) is 49.3 Å². The Labute approximate surface area is 174 Å². The molecule has 0 N–H and O–H groups in total. The average molecular weight is 425 g/mol. The van der Waals surface area contributed by atoms with Gasteiger partial charge in [0.2, 0.25) is 0 Å². The third kappa shape index (κ3) is 4.92. The highest BCUT2D eigenvalue weighted by molar-refractivity contribution is 6.53. The lowest BCUT2D eigenvalue weighted by Crippen LogP contribution is -2.38. The molecule has 28 heavy (non-hydrogen) atoms. The zero-order valence-corrected chi connectivity index (χ0v) is 17.5. The lowest BCUT2D eigenvalue weighted by molar-refractivity contribution is -0.129. The van der Waals surface area contributed by atoms with Gasteiger partial charge in [-0.3, -0.25) is 4.79 Å². The summed E-state index contributed by atoms with van der Waals surface area (Å²) in [6, 6.07) is 6.58. The van der Waals surface area contributed by atoms with Gasteiger partial charge in [0.1, 0.15) is 17.5 Å². The van der Waals surface area contributed by atoms with Crippen molar-refractivity contribution in [3.8, 4) is 0 Å². The fourth-order valence-corrected chi connectivity index (χ4v) is 3.80. The van der Waals surface area contributed by atoms with Crippen molar-refractivity contribution < 1.29 is 9.18 Å². The van der Waals surface area contributed by atoms with Gasteiger partial charge in [0.15, 0.2) is 4.84 Å². The Morgan fingerprint density at radius 2 is 1.96 bits per heavy atom. The molecule has 3 rings (SSSR count). The van der Waals surface area contributed by atoms with Gasteiger partial charge in [-0.15, -0.1) is 0 Å². The van der Waals surface area contributed by atoms with Gasteiger partial charge >= 0.3 is 0 Å². The number of rotatable bonds is 4. The molecule has 1 amide bonds. The average Bonchev–Trinajstić information content (AvgIpc) is 2.89. The van der Waals surface area contributed by atoms with Crippen LogP contribution in [0.2, 0.25) is 0 Å². The quantitative estimate of drug-likeness (QED) is 0.702. The monoisotopic (exact) mass is 424 g/mol. The van der Waals surface area contributed by atoms with Crippen LogP contribution in [0, 0.1) is 19.7 Å². The molecule has 150 valence electrons. The van der Waals surface area contributed by atoms with Crippen molar-refractivity contribution in [3.63, 3.8) is 0 Å². The summed E-state index contributed by atoms with van der Waals surface area (Å²) in [7, 11) is 0. The zero-order valence-electron chi connectivity index (χ0n) is 16.0. The van der Waals surface area contributed by atoms with Gasteiger partial charge in [0.05, 0.1) is 0 Å². The molecule has 1 fully saturated rings. The van der Waals surface area contributed by atoms with Crippen molar-refractivity contribution in [2.45, 2.75) is 31.5 Å². The molecule has 0 spiro atoms. The molecule has 0 aliphatic carbocycles.